The van der Waals surface area contributed by atoms with Gasteiger partial charge in [-0.05, 0) is 54.5 Å². The maximum absolute atomic E-state index is 11.8. The monoisotopic (exact) mass is 391 g/mol. The van der Waals surface area contributed by atoms with Crippen molar-refractivity contribution < 1.29 is 24.1 Å². The number of rotatable bonds is 7. The van der Waals surface area contributed by atoms with Crippen molar-refractivity contribution in [2.75, 3.05) is 27.9 Å². The smallest absolute Gasteiger partial charge is 0.320 e. The summed E-state index contributed by atoms with van der Waals surface area (Å²) in [6, 6.07) is 5.22. The lowest BCUT2D eigenvalue weighted by atomic mass is 9.99. The number of methoxy groups -OCH3 is 3. The molecule has 6 nitrogen and oxygen atoms in total. The van der Waals surface area contributed by atoms with Crippen molar-refractivity contribution in [3.05, 3.63) is 39.6 Å². The van der Waals surface area contributed by atoms with Gasteiger partial charge in [0.25, 0.3) is 0 Å². The van der Waals surface area contributed by atoms with E-state index in [2.05, 4.69) is 17.9 Å². The van der Waals surface area contributed by atoms with Gasteiger partial charge in [0, 0.05) is 11.4 Å². The van der Waals surface area contributed by atoms with Gasteiger partial charge < -0.3 is 19.3 Å². The number of nitrogens with zero attached hydrogens (tertiary/aromatic N) is 1. The third-order valence-electron chi connectivity index (χ3n) is 5.06. The lowest BCUT2D eigenvalue weighted by Crippen LogP contribution is -2.39. The van der Waals surface area contributed by atoms with E-state index < -0.39 is 12.0 Å². The summed E-state index contributed by atoms with van der Waals surface area (Å²) >= 11 is 1.64. The fraction of sp³-hybridized carbons (Fsp3) is 0.450. The molecule has 27 heavy (non-hydrogen) atoms. The van der Waals surface area contributed by atoms with E-state index in [1.54, 1.807) is 32.7 Å². The zero-order valence-electron chi connectivity index (χ0n) is 16.0. The van der Waals surface area contributed by atoms with Crippen molar-refractivity contribution in [1.29, 1.82) is 0 Å². The third kappa shape index (κ3) is 3.61. The molecule has 0 radical (unpaired) electrons. The summed E-state index contributed by atoms with van der Waals surface area (Å²) in [7, 11) is 4.74. The zero-order chi connectivity index (χ0) is 19.6. The number of aliphatic carboxylic acids is 1. The Labute approximate surface area is 163 Å². The van der Waals surface area contributed by atoms with E-state index in [9.17, 15) is 9.90 Å². The Balaban J connectivity index is 2.17. The van der Waals surface area contributed by atoms with Gasteiger partial charge in [-0.1, -0.05) is 0 Å². The number of carboxylic acid groups (broad SMARTS) is 1. The fourth-order valence-electron chi connectivity index (χ4n) is 3.78. The number of likely N-dealkylation sites (tertiary alicyclic amines) is 1. The molecule has 2 atom stereocenters. The van der Waals surface area contributed by atoms with Crippen molar-refractivity contribution in [3.63, 3.8) is 0 Å². The summed E-state index contributed by atoms with van der Waals surface area (Å²) in [6.07, 6.45) is 1.52. The summed E-state index contributed by atoms with van der Waals surface area (Å²) in [5.74, 6) is 0.884. The van der Waals surface area contributed by atoms with Crippen molar-refractivity contribution in [2.45, 2.75) is 31.8 Å². The average Bonchev–Trinajstić information content (AvgIpc) is 3.31. The van der Waals surface area contributed by atoms with Crippen LogP contribution in [-0.4, -0.2) is 49.9 Å². The standard InChI is InChI=1S/C20H25NO5S/c1-12-7-9-27-19(12)17(21-8-5-6-14(21)20(22)23)13-10-15(24-2)18(26-4)16(11-13)25-3/h7,9-11,14,17H,5-6,8H2,1-4H3,(H,22,23). The van der Waals surface area contributed by atoms with Crippen molar-refractivity contribution in [2.24, 2.45) is 0 Å². The number of hydrogen-bond acceptors (Lipinski definition) is 6. The van der Waals surface area contributed by atoms with Gasteiger partial charge in [0.1, 0.15) is 6.04 Å². The molecule has 1 saturated heterocycles. The Morgan fingerprint density at radius 1 is 1.22 bits per heavy atom. The average molecular weight is 391 g/mol. The first-order valence-electron chi connectivity index (χ1n) is 8.84. The second-order valence-corrected chi connectivity index (χ2v) is 7.51. The van der Waals surface area contributed by atoms with Crippen LogP contribution in [0.3, 0.4) is 0 Å². The Bertz CT molecular complexity index is 793. The molecular formula is C20H25NO5S. The van der Waals surface area contributed by atoms with Crippen LogP contribution in [-0.2, 0) is 4.79 Å². The summed E-state index contributed by atoms with van der Waals surface area (Å²) in [6.45, 7) is 2.79. The second kappa shape index (κ2) is 8.19. The van der Waals surface area contributed by atoms with E-state index >= 15 is 0 Å². The first-order valence-corrected chi connectivity index (χ1v) is 9.72. The highest BCUT2D eigenvalue weighted by Gasteiger charge is 2.38. The molecule has 0 amide bonds. The highest BCUT2D eigenvalue weighted by molar-refractivity contribution is 7.10. The number of carbonyl (C=O) groups is 1. The Kier molecular flexibility index (Phi) is 5.92. The highest BCUT2D eigenvalue weighted by Crippen LogP contribution is 2.45. The summed E-state index contributed by atoms with van der Waals surface area (Å²) in [4.78, 5) is 15.0. The van der Waals surface area contributed by atoms with Crippen LogP contribution in [0, 0.1) is 6.92 Å². The van der Waals surface area contributed by atoms with Crippen LogP contribution >= 0.6 is 11.3 Å². The van der Waals surface area contributed by atoms with Crippen molar-refractivity contribution in [3.8, 4) is 17.2 Å². The molecule has 0 spiro atoms. The summed E-state index contributed by atoms with van der Waals surface area (Å²) in [5.41, 5.74) is 2.08. The number of ether oxygens (including phenoxy) is 3. The molecule has 1 N–H and O–H groups in total. The number of carboxylic acids is 1. The Hall–Kier alpha value is -2.25. The van der Waals surface area contributed by atoms with Crippen molar-refractivity contribution in [1.82, 2.24) is 4.90 Å². The maximum atomic E-state index is 11.8. The molecule has 146 valence electrons. The Morgan fingerprint density at radius 3 is 2.37 bits per heavy atom. The van der Waals surface area contributed by atoms with Gasteiger partial charge in [-0.3, -0.25) is 9.69 Å². The lowest BCUT2D eigenvalue weighted by Gasteiger charge is -2.32. The predicted octanol–water partition coefficient (Wildman–Crippen LogP) is 3.72. The van der Waals surface area contributed by atoms with E-state index in [0.717, 1.165) is 29.0 Å². The minimum absolute atomic E-state index is 0.178. The largest absolute Gasteiger partial charge is 0.493 e. The molecule has 2 heterocycles. The van der Waals surface area contributed by atoms with Crippen LogP contribution in [0.1, 0.15) is 34.9 Å². The highest BCUT2D eigenvalue weighted by atomic mass is 32.1. The molecule has 0 saturated carbocycles. The van der Waals surface area contributed by atoms with Gasteiger partial charge in [0.2, 0.25) is 5.75 Å². The molecule has 3 rings (SSSR count). The second-order valence-electron chi connectivity index (χ2n) is 6.56. The van der Waals surface area contributed by atoms with Gasteiger partial charge in [-0.15, -0.1) is 11.3 Å². The maximum Gasteiger partial charge on any atom is 0.320 e. The first kappa shape index (κ1) is 19.5. The molecule has 1 aromatic heterocycles. The quantitative estimate of drug-likeness (QED) is 0.776. The minimum Gasteiger partial charge on any atom is -0.493 e. The van der Waals surface area contributed by atoms with Gasteiger partial charge in [0.05, 0.1) is 27.4 Å². The molecule has 7 heteroatoms. The van der Waals surface area contributed by atoms with E-state index in [0.29, 0.717) is 23.7 Å². The number of hydrogen-bond donors (Lipinski definition) is 1. The van der Waals surface area contributed by atoms with E-state index in [-0.39, 0.29) is 6.04 Å². The minimum atomic E-state index is -0.779. The van der Waals surface area contributed by atoms with Crippen molar-refractivity contribution >= 4 is 17.3 Å². The predicted molar refractivity (Wildman–Crippen MR) is 104 cm³/mol. The number of thiophene rings is 1. The number of benzene rings is 1. The molecule has 0 aliphatic carbocycles. The van der Waals surface area contributed by atoms with Crippen LogP contribution in [0.15, 0.2) is 23.6 Å². The first-order chi connectivity index (χ1) is 13.0. The van der Waals surface area contributed by atoms with Gasteiger partial charge >= 0.3 is 5.97 Å². The fourth-order valence-corrected chi connectivity index (χ4v) is 4.85. The lowest BCUT2D eigenvalue weighted by molar-refractivity contribution is -0.142. The molecule has 1 aliphatic heterocycles. The van der Waals surface area contributed by atoms with Crippen LogP contribution < -0.4 is 14.2 Å². The molecule has 2 aromatic rings. The van der Waals surface area contributed by atoms with Crippen LogP contribution in [0.25, 0.3) is 0 Å². The van der Waals surface area contributed by atoms with E-state index in [1.165, 1.54) is 0 Å². The summed E-state index contributed by atoms with van der Waals surface area (Å²) < 4.78 is 16.5. The Morgan fingerprint density at radius 2 is 1.89 bits per heavy atom. The molecule has 1 aliphatic rings. The normalized spacial score (nSPS) is 18.3. The zero-order valence-corrected chi connectivity index (χ0v) is 16.8. The number of aryl methyl sites for hydroxylation is 1. The van der Waals surface area contributed by atoms with Crippen LogP contribution in [0.2, 0.25) is 0 Å². The summed E-state index contributed by atoms with van der Waals surface area (Å²) in [5, 5.41) is 11.8. The van der Waals surface area contributed by atoms with Crippen LogP contribution in [0.4, 0.5) is 0 Å². The third-order valence-corrected chi connectivity index (χ3v) is 6.14. The van der Waals surface area contributed by atoms with Gasteiger partial charge in [0.15, 0.2) is 11.5 Å². The van der Waals surface area contributed by atoms with E-state index in [4.69, 9.17) is 14.2 Å². The molecule has 1 fully saturated rings. The van der Waals surface area contributed by atoms with E-state index in [1.807, 2.05) is 17.5 Å². The molecular weight excluding hydrogens is 366 g/mol. The molecule has 0 bridgehead atoms. The SMILES string of the molecule is COc1cc(C(c2sccc2C)N2CCCC2C(=O)O)cc(OC)c1OC. The van der Waals surface area contributed by atoms with Gasteiger partial charge in [-0.25, -0.2) is 0 Å². The van der Waals surface area contributed by atoms with Crippen LogP contribution in [0.5, 0.6) is 17.2 Å². The topological polar surface area (TPSA) is 68.2 Å². The van der Waals surface area contributed by atoms with Gasteiger partial charge in [-0.2, -0.15) is 0 Å². The molecule has 2 unspecified atom stereocenters. The molecule has 1 aromatic carbocycles.